The van der Waals surface area contributed by atoms with Crippen LogP contribution in [0.1, 0.15) is 48.3 Å². The maximum atomic E-state index is 8.22. The molecule has 0 saturated heterocycles. The summed E-state index contributed by atoms with van der Waals surface area (Å²) in [7, 11) is 0. The van der Waals surface area contributed by atoms with E-state index in [0.29, 0.717) is 0 Å². The van der Waals surface area contributed by atoms with Crippen LogP contribution in [0, 0.1) is 5.41 Å². The highest BCUT2D eigenvalue weighted by molar-refractivity contribution is 5.14. The molecule has 68 valence electrons. The van der Waals surface area contributed by atoms with Gasteiger partial charge in [0.15, 0.2) is 0 Å². The molecule has 1 aliphatic heterocycles. The summed E-state index contributed by atoms with van der Waals surface area (Å²) in [6, 6.07) is 0. The molecule has 2 heteroatoms. The van der Waals surface area contributed by atoms with Gasteiger partial charge in [-0.2, -0.15) is 10.2 Å². The van der Waals surface area contributed by atoms with E-state index in [-0.39, 0.29) is 22.9 Å². The van der Waals surface area contributed by atoms with Gasteiger partial charge in [0.2, 0.25) is 0 Å². The number of nitrogens with zero attached hydrogens (tertiary/aromatic N) is 2. The molecule has 0 aromatic heterocycles. The van der Waals surface area contributed by atoms with Crippen LogP contribution in [0.3, 0.4) is 0 Å². The Bertz CT molecular complexity index is 269. The zero-order valence-electron chi connectivity index (χ0n) is 9.39. The monoisotopic (exact) mass is 167 g/mol. The summed E-state index contributed by atoms with van der Waals surface area (Å²) >= 11 is 0. The highest BCUT2D eigenvalue weighted by Gasteiger charge is 2.56. The topological polar surface area (TPSA) is 24.7 Å². The van der Waals surface area contributed by atoms with Crippen LogP contribution in [0.4, 0.5) is 0 Å². The van der Waals surface area contributed by atoms with Gasteiger partial charge in [0.05, 0.1) is 11.1 Å². The van der Waals surface area contributed by atoms with E-state index in [4.69, 9.17) is 1.37 Å². The Labute approximate surface area is 75.9 Å². The fraction of sp³-hybridized carbons (Fsp3) is 1.00. The van der Waals surface area contributed by atoms with Crippen LogP contribution in [0.15, 0.2) is 10.2 Å². The first kappa shape index (κ1) is 7.05. The molecule has 2 aliphatic rings. The Morgan fingerprint density at radius 2 is 1.92 bits per heavy atom. The van der Waals surface area contributed by atoms with Gasteiger partial charge >= 0.3 is 0 Å². The number of rotatable bonds is 0. The Morgan fingerprint density at radius 3 is 2.08 bits per heavy atom. The quantitative estimate of drug-likeness (QED) is 0.529. The molecule has 0 N–H and O–H groups in total. The molecule has 0 aromatic carbocycles. The van der Waals surface area contributed by atoms with Gasteiger partial charge in [0.25, 0.3) is 0 Å². The molecule has 12 heavy (non-hydrogen) atoms. The number of fused-ring (bicyclic) bond motifs is 2. The minimum Gasteiger partial charge on any atom is -0.187 e. The second kappa shape index (κ2) is 1.91. The smallest absolute Gasteiger partial charge is 0.0888 e. The highest BCUT2D eigenvalue weighted by Crippen LogP contribution is 2.56. The second-order valence-electron chi connectivity index (χ2n) is 5.38. The zero-order chi connectivity index (χ0) is 9.91. The molecule has 3 atom stereocenters. The molecule has 1 fully saturated rings. The van der Waals surface area contributed by atoms with Gasteiger partial charge < -0.3 is 0 Å². The van der Waals surface area contributed by atoms with Crippen molar-refractivity contribution in [3.63, 3.8) is 0 Å². The SMILES string of the molecule is [2H]C1[C@]2(C)CC[C@@]1(C(C)(C)C)N=N2. The summed E-state index contributed by atoms with van der Waals surface area (Å²) in [6.45, 7) is 8.58. The van der Waals surface area contributed by atoms with E-state index in [0.717, 1.165) is 12.8 Å². The summed E-state index contributed by atoms with van der Waals surface area (Å²) in [5.74, 6) is 0. The van der Waals surface area contributed by atoms with Crippen molar-refractivity contribution >= 4 is 0 Å². The Balaban J connectivity index is 2.44. The molecule has 1 aliphatic carbocycles. The average Bonchev–Trinajstić information content (AvgIpc) is 2.39. The van der Waals surface area contributed by atoms with Gasteiger partial charge in [-0.15, -0.1) is 0 Å². The van der Waals surface area contributed by atoms with E-state index < -0.39 is 0 Å². The first-order valence-corrected chi connectivity index (χ1v) is 4.68. The van der Waals surface area contributed by atoms with E-state index in [1.165, 1.54) is 0 Å². The normalized spacial score (nSPS) is 53.0. The van der Waals surface area contributed by atoms with Crippen molar-refractivity contribution in [3.05, 3.63) is 0 Å². The molecule has 0 radical (unpaired) electrons. The number of hydrogen-bond donors (Lipinski definition) is 0. The van der Waals surface area contributed by atoms with E-state index in [1.54, 1.807) is 0 Å². The summed E-state index contributed by atoms with van der Waals surface area (Å²) in [4.78, 5) is 0. The van der Waals surface area contributed by atoms with Crippen LogP contribution in [-0.4, -0.2) is 11.1 Å². The third-order valence-corrected chi connectivity index (χ3v) is 3.32. The summed E-state index contributed by atoms with van der Waals surface area (Å²) in [6.07, 6.45) is 1.92. The Kier molecular flexibility index (Phi) is 1.12. The third kappa shape index (κ3) is 0.868. The van der Waals surface area contributed by atoms with Gasteiger partial charge in [0.1, 0.15) is 0 Å². The first-order chi connectivity index (χ1) is 5.82. The molecule has 2 rings (SSSR count). The third-order valence-electron chi connectivity index (χ3n) is 3.32. The second-order valence-corrected chi connectivity index (χ2v) is 5.38. The summed E-state index contributed by atoms with van der Waals surface area (Å²) < 4.78 is 8.22. The standard InChI is InChI=1S/C10H18N2/c1-8(2,3)10-6-5-9(4,7-10)11-12-10/h5-7H2,1-4H3/t9-,10+/m0/s1/i7D/t7?,9-,10+. The zero-order valence-corrected chi connectivity index (χ0v) is 8.39. The van der Waals surface area contributed by atoms with Gasteiger partial charge in [-0.3, -0.25) is 0 Å². The molecular formula is C10H18N2. The van der Waals surface area contributed by atoms with Gasteiger partial charge in [-0.25, -0.2) is 0 Å². The van der Waals surface area contributed by atoms with Gasteiger partial charge in [-0.1, -0.05) is 20.8 Å². The molecule has 1 heterocycles. The Morgan fingerprint density at radius 1 is 1.25 bits per heavy atom. The van der Waals surface area contributed by atoms with E-state index >= 15 is 0 Å². The molecule has 0 amide bonds. The lowest BCUT2D eigenvalue weighted by Crippen LogP contribution is -2.37. The molecule has 2 nitrogen and oxygen atoms in total. The fourth-order valence-corrected chi connectivity index (χ4v) is 2.21. The maximum absolute atomic E-state index is 8.22. The molecule has 0 spiro atoms. The maximum Gasteiger partial charge on any atom is 0.0888 e. The van der Waals surface area contributed by atoms with E-state index in [9.17, 15) is 0 Å². The highest BCUT2D eigenvalue weighted by atomic mass is 15.3. The van der Waals surface area contributed by atoms with Crippen molar-refractivity contribution in [2.75, 3.05) is 0 Å². The summed E-state index contributed by atoms with van der Waals surface area (Å²) in [5.41, 5.74) is -0.327. The number of azo groups is 1. The predicted molar refractivity (Wildman–Crippen MR) is 49.3 cm³/mol. The average molecular weight is 167 g/mol. The van der Waals surface area contributed by atoms with Crippen molar-refractivity contribution in [2.45, 2.75) is 58.0 Å². The van der Waals surface area contributed by atoms with Crippen LogP contribution in [0.25, 0.3) is 0 Å². The van der Waals surface area contributed by atoms with Crippen LogP contribution >= 0.6 is 0 Å². The molecule has 1 unspecified atom stereocenters. The summed E-state index contributed by atoms with van der Waals surface area (Å²) in [5, 5.41) is 8.69. The van der Waals surface area contributed by atoms with Crippen molar-refractivity contribution in [1.29, 1.82) is 0 Å². The van der Waals surface area contributed by atoms with Crippen molar-refractivity contribution < 1.29 is 1.37 Å². The fourth-order valence-electron chi connectivity index (χ4n) is 2.21. The molecular weight excluding hydrogens is 148 g/mol. The number of hydrogen-bond acceptors (Lipinski definition) is 2. The van der Waals surface area contributed by atoms with Gasteiger partial charge in [-0.05, 0) is 25.2 Å². The van der Waals surface area contributed by atoms with Crippen molar-refractivity contribution in [1.82, 2.24) is 0 Å². The minimum absolute atomic E-state index is 0.0666. The first-order valence-electron chi connectivity index (χ1n) is 5.26. The Hall–Kier alpha value is -0.400. The van der Waals surface area contributed by atoms with E-state index in [2.05, 4.69) is 37.9 Å². The van der Waals surface area contributed by atoms with Crippen molar-refractivity contribution in [3.8, 4) is 0 Å². The van der Waals surface area contributed by atoms with Crippen molar-refractivity contribution in [2.24, 2.45) is 15.6 Å². The molecule has 1 saturated carbocycles. The minimum atomic E-state index is -0.207. The molecule has 2 bridgehead atoms. The van der Waals surface area contributed by atoms with Crippen LogP contribution in [-0.2, 0) is 0 Å². The lowest BCUT2D eigenvalue weighted by molar-refractivity contribution is 0.197. The van der Waals surface area contributed by atoms with Gasteiger partial charge in [0, 0.05) is 7.77 Å². The van der Waals surface area contributed by atoms with Crippen LogP contribution in [0.2, 0.25) is 0 Å². The predicted octanol–water partition coefficient (Wildman–Crippen LogP) is 3.18. The largest absolute Gasteiger partial charge is 0.187 e. The van der Waals surface area contributed by atoms with Crippen LogP contribution < -0.4 is 0 Å². The molecule has 0 aromatic rings. The van der Waals surface area contributed by atoms with E-state index in [1.807, 2.05) is 0 Å². The lowest BCUT2D eigenvalue weighted by Gasteiger charge is -2.35. The lowest BCUT2D eigenvalue weighted by atomic mass is 9.73. The van der Waals surface area contributed by atoms with Crippen LogP contribution in [0.5, 0.6) is 0 Å².